The standard InChI is InChI=1S/C28H27F3N6O4S/c1-42(40,41)23-22(17-11-18-8-9-19(12-17)36(18)27(39)24(38)28(29,30)31)35-26-20(14-34-37(26)25(23)32)16-7-10-21(33-13-16)15-5-3-2-4-6-15/h2-7,10,13-14,17-19,24,38H,8-9,11-12,32H2,1H3. The summed E-state index contributed by atoms with van der Waals surface area (Å²) in [6.07, 6.45) is -2.77. The van der Waals surface area contributed by atoms with Gasteiger partial charge in [-0.2, -0.15) is 22.8 Å². The summed E-state index contributed by atoms with van der Waals surface area (Å²) >= 11 is 0. The van der Waals surface area contributed by atoms with E-state index in [9.17, 15) is 31.5 Å². The van der Waals surface area contributed by atoms with Crippen LogP contribution in [-0.4, -0.2) is 74.5 Å². The van der Waals surface area contributed by atoms with Crippen LogP contribution in [0.2, 0.25) is 0 Å². The molecular weight excluding hydrogens is 573 g/mol. The van der Waals surface area contributed by atoms with Crippen LogP contribution in [0.5, 0.6) is 0 Å². The van der Waals surface area contributed by atoms with Gasteiger partial charge in [-0.1, -0.05) is 36.4 Å². The molecular formula is C28H27F3N6O4S. The van der Waals surface area contributed by atoms with Crippen molar-refractivity contribution in [3.05, 3.63) is 60.6 Å². The molecule has 6 rings (SSSR count). The number of piperidine rings is 1. The number of nitrogens with zero attached hydrogens (tertiary/aromatic N) is 5. The largest absolute Gasteiger partial charge is 0.423 e. The summed E-state index contributed by atoms with van der Waals surface area (Å²) in [5, 5.41) is 13.9. The predicted molar refractivity (Wildman–Crippen MR) is 147 cm³/mol. The van der Waals surface area contributed by atoms with E-state index in [0.29, 0.717) is 29.6 Å². The Morgan fingerprint density at radius 2 is 1.71 bits per heavy atom. The molecule has 3 atom stereocenters. The summed E-state index contributed by atoms with van der Waals surface area (Å²) in [6.45, 7) is 0. The maximum absolute atomic E-state index is 13.1. The van der Waals surface area contributed by atoms with Crippen molar-refractivity contribution in [1.29, 1.82) is 0 Å². The van der Waals surface area contributed by atoms with Gasteiger partial charge >= 0.3 is 6.18 Å². The van der Waals surface area contributed by atoms with Gasteiger partial charge in [0, 0.05) is 47.1 Å². The second-order valence-electron chi connectivity index (χ2n) is 10.8. The Balaban J connectivity index is 1.39. The highest BCUT2D eigenvalue weighted by Gasteiger charge is 2.52. The molecule has 0 spiro atoms. The van der Waals surface area contributed by atoms with Crippen molar-refractivity contribution in [2.45, 2.75) is 60.9 Å². The van der Waals surface area contributed by atoms with Crippen LogP contribution in [-0.2, 0) is 14.6 Å². The zero-order valence-corrected chi connectivity index (χ0v) is 23.2. The number of halogens is 3. The summed E-state index contributed by atoms with van der Waals surface area (Å²) < 4.78 is 66.5. The second kappa shape index (κ2) is 10.1. The molecule has 42 heavy (non-hydrogen) atoms. The van der Waals surface area contributed by atoms with E-state index in [4.69, 9.17) is 10.7 Å². The van der Waals surface area contributed by atoms with Gasteiger partial charge in [-0.15, -0.1) is 0 Å². The smallest absolute Gasteiger partial charge is 0.382 e. The molecule has 10 nitrogen and oxygen atoms in total. The number of sulfone groups is 1. The fourth-order valence-electron chi connectivity index (χ4n) is 6.25. The third kappa shape index (κ3) is 4.77. The lowest BCUT2D eigenvalue weighted by atomic mass is 9.87. The van der Waals surface area contributed by atoms with Crippen LogP contribution >= 0.6 is 0 Å². The number of amides is 1. The van der Waals surface area contributed by atoms with Gasteiger partial charge in [0.2, 0.25) is 6.10 Å². The molecule has 3 unspecified atom stereocenters. The average molecular weight is 601 g/mol. The molecule has 3 N–H and O–H groups in total. The summed E-state index contributed by atoms with van der Waals surface area (Å²) in [5.41, 5.74) is 9.84. The molecule has 0 saturated carbocycles. The molecule has 5 heterocycles. The van der Waals surface area contributed by atoms with Crippen LogP contribution < -0.4 is 5.73 Å². The lowest BCUT2D eigenvalue weighted by Crippen LogP contribution is -2.53. The summed E-state index contributed by atoms with van der Waals surface area (Å²) in [6, 6.07) is 12.1. The van der Waals surface area contributed by atoms with E-state index in [0.717, 1.165) is 22.4 Å². The monoisotopic (exact) mass is 600 g/mol. The number of carbonyl (C=O) groups excluding carboxylic acids is 1. The van der Waals surface area contributed by atoms with Crippen LogP contribution in [0.25, 0.3) is 28.0 Å². The first kappa shape index (κ1) is 28.1. The van der Waals surface area contributed by atoms with Gasteiger partial charge in [-0.3, -0.25) is 9.78 Å². The number of pyridine rings is 1. The number of carbonyl (C=O) groups is 1. The maximum Gasteiger partial charge on any atom is 0.423 e. The zero-order valence-electron chi connectivity index (χ0n) is 22.4. The number of aliphatic hydroxyl groups is 1. The Morgan fingerprint density at radius 3 is 2.29 bits per heavy atom. The molecule has 2 fully saturated rings. The van der Waals surface area contributed by atoms with Crippen molar-refractivity contribution < 1.29 is 31.5 Å². The molecule has 1 amide bonds. The predicted octanol–water partition coefficient (Wildman–Crippen LogP) is 3.60. The number of alkyl halides is 3. The summed E-state index contributed by atoms with van der Waals surface area (Å²) in [7, 11) is -3.90. The van der Waals surface area contributed by atoms with Crippen LogP contribution in [0.1, 0.15) is 37.3 Å². The number of nitrogens with two attached hydrogens (primary N) is 1. The Hall–Kier alpha value is -4.04. The lowest BCUT2D eigenvalue weighted by Gasteiger charge is -2.40. The molecule has 4 aromatic rings. The highest BCUT2D eigenvalue weighted by Crippen LogP contribution is 2.46. The molecule has 2 aliphatic heterocycles. The van der Waals surface area contributed by atoms with Crippen molar-refractivity contribution in [2.75, 3.05) is 12.0 Å². The first-order chi connectivity index (χ1) is 19.8. The molecule has 0 aliphatic carbocycles. The van der Waals surface area contributed by atoms with Gasteiger partial charge in [-0.05, 0) is 31.7 Å². The Kier molecular flexibility index (Phi) is 6.72. The topological polar surface area (TPSA) is 144 Å². The molecule has 0 radical (unpaired) electrons. The Labute approximate surface area is 238 Å². The first-order valence-corrected chi connectivity index (χ1v) is 15.2. The van der Waals surface area contributed by atoms with Crippen LogP contribution in [0, 0.1) is 0 Å². The maximum atomic E-state index is 13.1. The second-order valence-corrected chi connectivity index (χ2v) is 12.8. The number of benzene rings is 1. The third-order valence-electron chi connectivity index (χ3n) is 8.10. The quantitative estimate of drug-likeness (QED) is 0.354. The number of hydrogen-bond donors (Lipinski definition) is 2. The highest BCUT2D eigenvalue weighted by molar-refractivity contribution is 7.91. The van der Waals surface area contributed by atoms with E-state index < -0.39 is 46.0 Å². The van der Waals surface area contributed by atoms with Crippen LogP contribution in [0.4, 0.5) is 19.0 Å². The average Bonchev–Trinajstić information content (AvgIpc) is 3.49. The Bertz CT molecular complexity index is 1760. The summed E-state index contributed by atoms with van der Waals surface area (Å²) in [5.74, 6) is -2.02. The third-order valence-corrected chi connectivity index (χ3v) is 9.26. The lowest BCUT2D eigenvalue weighted by molar-refractivity contribution is -0.212. The van der Waals surface area contributed by atoms with E-state index >= 15 is 0 Å². The molecule has 14 heteroatoms. The number of nitrogen functional groups attached to an aromatic ring is 1. The molecule has 1 aromatic carbocycles. The number of aliphatic hydroxyl groups excluding tert-OH is 1. The van der Waals surface area contributed by atoms with Gasteiger partial charge < -0.3 is 15.7 Å². The van der Waals surface area contributed by atoms with Crippen molar-refractivity contribution in [2.24, 2.45) is 0 Å². The minimum atomic E-state index is -5.08. The summed E-state index contributed by atoms with van der Waals surface area (Å²) in [4.78, 5) is 22.8. The first-order valence-electron chi connectivity index (χ1n) is 13.3. The number of hydrogen-bond acceptors (Lipinski definition) is 8. The number of fused-ring (bicyclic) bond motifs is 3. The van der Waals surface area contributed by atoms with Crippen LogP contribution in [0.3, 0.4) is 0 Å². The van der Waals surface area contributed by atoms with Crippen molar-refractivity contribution in [3.8, 4) is 22.4 Å². The molecule has 2 aliphatic rings. The number of rotatable bonds is 5. The van der Waals surface area contributed by atoms with E-state index in [1.807, 2.05) is 42.5 Å². The fraction of sp³-hybridized carbons (Fsp3) is 0.357. The van der Waals surface area contributed by atoms with E-state index in [2.05, 4.69) is 10.1 Å². The molecule has 220 valence electrons. The molecule has 2 bridgehead atoms. The molecule has 2 saturated heterocycles. The van der Waals surface area contributed by atoms with Gasteiger partial charge in [0.25, 0.3) is 5.91 Å². The highest BCUT2D eigenvalue weighted by atomic mass is 32.2. The zero-order chi connectivity index (χ0) is 30.0. The van der Waals surface area contributed by atoms with E-state index in [-0.39, 0.29) is 29.2 Å². The normalized spacial score (nSPS) is 21.5. The van der Waals surface area contributed by atoms with Gasteiger partial charge in [0.1, 0.15) is 10.7 Å². The van der Waals surface area contributed by atoms with Crippen molar-refractivity contribution >= 4 is 27.2 Å². The number of anilines is 1. The van der Waals surface area contributed by atoms with E-state index in [1.54, 1.807) is 6.20 Å². The number of aromatic nitrogens is 4. The minimum absolute atomic E-state index is 0.129. The Morgan fingerprint density at radius 1 is 1.05 bits per heavy atom. The van der Waals surface area contributed by atoms with Gasteiger partial charge in [-0.25, -0.2) is 13.4 Å². The molecule has 3 aromatic heterocycles. The van der Waals surface area contributed by atoms with Gasteiger partial charge in [0.15, 0.2) is 15.5 Å². The minimum Gasteiger partial charge on any atom is -0.382 e. The van der Waals surface area contributed by atoms with Crippen molar-refractivity contribution in [1.82, 2.24) is 24.5 Å². The fourth-order valence-corrected chi connectivity index (χ4v) is 7.31. The van der Waals surface area contributed by atoms with E-state index in [1.165, 1.54) is 10.7 Å². The van der Waals surface area contributed by atoms with Crippen molar-refractivity contribution in [3.63, 3.8) is 0 Å². The van der Waals surface area contributed by atoms with Gasteiger partial charge in [0.05, 0.1) is 17.6 Å². The van der Waals surface area contributed by atoms with Crippen LogP contribution in [0.15, 0.2) is 59.8 Å². The SMILES string of the molecule is CS(=O)(=O)c1c(C2CC3CCC(C2)N3C(=O)C(O)C(F)(F)F)nc2c(-c3ccc(-c4ccccc4)nc3)cnn2c1N.